The third-order valence-corrected chi connectivity index (χ3v) is 7.39. The first-order valence-corrected chi connectivity index (χ1v) is 9.94. The van der Waals surface area contributed by atoms with Gasteiger partial charge in [-0.05, 0) is 65.7 Å². The fourth-order valence-electron chi connectivity index (χ4n) is 3.64. The van der Waals surface area contributed by atoms with Gasteiger partial charge in [0.1, 0.15) is 0 Å². The first-order chi connectivity index (χ1) is 11.7. The van der Waals surface area contributed by atoms with E-state index in [9.17, 15) is 0 Å². The topological polar surface area (TPSA) is 34.6 Å². The van der Waals surface area contributed by atoms with Crippen molar-refractivity contribution in [1.29, 1.82) is 0 Å². The highest BCUT2D eigenvalue weighted by atomic mass is 32.1. The molecule has 1 aromatic carbocycles. The van der Waals surface area contributed by atoms with Crippen LogP contribution in [-0.2, 0) is 9.31 Å². The van der Waals surface area contributed by atoms with Crippen LogP contribution in [0, 0.1) is 0 Å². The van der Waals surface area contributed by atoms with Crippen molar-refractivity contribution in [2.24, 2.45) is 0 Å². The highest BCUT2D eigenvalue weighted by Gasteiger charge is 2.51. The number of fused-ring (bicyclic) bond motifs is 1. The predicted octanol–water partition coefficient (Wildman–Crippen LogP) is 3.40. The zero-order chi connectivity index (χ0) is 18.0. The lowest BCUT2D eigenvalue weighted by Crippen LogP contribution is -2.41. The molecule has 4 nitrogen and oxygen atoms in total. The molecule has 6 heteroatoms. The van der Waals surface area contributed by atoms with Crippen molar-refractivity contribution in [3.05, 3.63) is 23.2 Å². The second-order valence-electron chi connectivity index (χ2n) is 8.59. The van der Waals surface area contributed by atoms with Crippen LogP contribution in [0.25, 0.3) is 10.2 Å². The summed E-state index contributed by atoms with van der Waals surface area (Å²) in [6, 6.07) is 7.06. The first kappa shape index (κ1) is 17.5. The molecule has 2 fully saturated rings. The average Bonchev–Trinajstić information content (AvgIpc) is 3.14. The van der Waals surface area contributed by atoms with Gasteiger partial charge in [-0.3, -0.25) is 0 Å². The second kappa shape index (κ2) is 5.78. The molecule has 0 spiro atoms. The Balaban J connectivity index is 1.61. The summed E-state index contributed by atoms with van der Waals surface area (Å²) in [5, 5.41) is 1.26. The fraction of sp³-hybridized carbons (Fsp3) is 0.632. The molecule has 134 valence electrons. The van der Waals surface area contributed by atoms with E-state index in [1.54, 1.807) is 0 Å². The quantitative estimate of drug-likeness (QED) is 0.771. The number of rotatable bonds is 2. The van der Waals surface area contributed by atoms with Crippen LogP contribution in [0.1, 0.15) is 52.0 Å². The van der Waals surface area contributed by atoms with Crippen molar-refractivity contribution < 1.29 is 9.31 Å². The van der Waals surface area contributed by atoms with Crippen LogP contribution < -0.4 is 5.46 Å². The summed E-state index contributed by atoms with van der Waals surface area (Å²) in [6.45, 7) is 11.7. The van der Waals surface area contributed by atoms with Crippen LogP contribution >= 0.6 is 11.3 Å². The third kappa shape index (κ3) is 2.93. The molecule has 0 radical (unpaired) electrons. The highest BCUT2D eigenvalue weighted by Crippen LogP contribution is 2.38. The van der Waals surface area contributed by atoms with E-state index in [4.69, 9.17) is 14.3 Å². The van der Waals surface area contributed by atoms with Crippen LogP contribution in [0.15, 0.2) is 18.2 Å². The van der Waals surface area contributed by atoms with Crippen molar-refractivity contribution >= 4 is 34.1 Å². The van der Waals surface area contributed by atoms with Crippen LogP contribution in [0.3, 0.4) is 0 Å². The van der Waals surface area contributed by atoms with Crippen LogP contribution in [0.2, 0.25) is 0 Å². The lowest BCUT2D eigenvalue weighted by Gasteiger charge is -2.32. The normalized spacial score (nSPS) is 29.0. The van der Waals surface area contributed by atoms with Crippen molar-refractivity contribution in [2.45, 2.75) is 64.2 Å². The van der Waals surface area contributed by atoms with Gasteiger partial charge in [0.25, 0.3) is 0 Å². The number of hydrogen-bond donors (Lipinski definition) is 0. The molecule has 1 unspecified atom stereocenters. The first-order valence-electron chi connectivity index (χ1n) is 9.12. The molecule has 0 aliphatic carbocycles. The van der Waals surface area contributed by atoms with Crippen molar-refractivity contribution in [3.8, 4) is 0 Å². The predicted molar refractivity (Wildman–Crippen MR) is 105 cm³/mol. The number of likely N-dealkylation sites (N-methyl/N-ethyl adjacent to an activating group) is 1. The van der Waals surface area contributed by atoms with E-state index < -0.39 is 0 Å². The van der Waals surface area contributed by atoms with Gasteiger partial charge in [-0.2, -0.15) is 0 Å². The summed E-state index contributed by atoms with van der Waals surface area (Å²) < 4.78 is 13.6. The molecule has 2 atom stereocenters. The summed E-state index contributed by atoms with van der Waals surface area (Å²) in [5.74, 6) is 0.553. The number of aromatic nitrogens is 1. The van der Waals surface area contributed by atoms with Crippen molar-refractivity contribution in [2.75, 3.05) is 13.6 Å². The Hall–Kier alpha value is -0.945. The number of benzene rings is 1. The zero-order valence-electron chi connectivity index (χ0n) is 16.0. The molecule has 2 aliphatic rings. The average molecular weight is 358 g/mol. The van der Waals surface area contributed by atoms with Gasteiger partial charge in [0, 0.05) is 18.5 Å². The smallest absolute Gasteiger partial charge is 0.399 e. The Morgan fingerprint density at radius 1 is 1.20 bits per heavy atom. The number of hydrogen-bond acceptors (Lipinski definition) is 5. The molecule has 0 bridgehead atoms. The molecule has 0 amide bonds. The Bertz CT molecular complexity index is 778. The standard InChI is InChI=1S/C19H27BN2O2S/c1-12-9-13(11-22(12)6)17-21-15-10-14(7-8-16(15)25-17)20-23-18(2,3)19(4,5)24-20/h7-8,10,12-13H,9,11H2,1-6H3/t12-,13?/m0/s1. The Labute approximate surface area is 154 Å². The summed E-state index contributed by atoms with van der Waals surface area (Å²) in [7, 11) is 1.88. The van der Waals surface area contributed by atoms with Crippen LogP contribution in [-0.4, -0.2) is 47.8 Å². The maximum Gasteiger partial charge on any atom is 0.494 e. The number of likely N-dealkylation sites (tertiary alicyclic amines) is 1. The van der Waals surface area contributed by atoms with Gasteiger partial charge in [0.15, 0.2) is 0 Å². The van der Waals surface area contributed by atoms with Crippen LogP contribution in [0.4, 0.5) is 0 Å². The van der Waals surface area contributed by atoms with E-state index in [1.807, 2.05) is 11.3 Å². The Morgan fingerprint density at radius 3 is 2.48 bits per heavy atom. The van der Waals surface area contributed by atoms with Crippen molar-refractivity contribution in [3.63, 3.8) is 0 Å². The number of nitrogens with zero attached hydrogens (tertiary/aromatic N) is 2. The lowest BCUT2D eigenvalue weighted by atomic mass is 9.79. The van der Waals surface area contributed by atoms with E-state index >= 15 is 0 Å². The summed E-state index contributed by atoms with van der Waals surface area (Å²) in [4.78, 5) is 7.37. The molecule has 2 saturated heterocycles. The van der Waals surface area contributed by atoms with Gasteiger partial charge in [-0.25, -0.2) is 4.98 Å². The number of thiazole rings is 1. The minimum atomic E-state index is -0.322. The Morgan fingerprint density at radius 2 is 1.88 bits per heavy atom. The van der Waals surface area contributed by atoms with E-state index in [1.165, 1.54) is 16.1 Å². The third-order valence-electron chi connectivity index (χ3n) is 6.19. The van der Waals surface area contributed by atoms with Gasteiger partial charge in [-0.15, -0.1) is 11.3 Å². The van der Waals surface area contributed by atoms with Crippen molar-refractivity contribution in [1.82, 2.24) is 9.88 Å². The molecule has 0 saturated carbocycles. The zero-order valence-corrected chi connectivity index (χ0v) is 16.8. The minimum Gasteiger partial charge on any atom is -0.399 e. The van der Waals surface area contributed by atoms with E-state index in [0.717, 1.165) is 17.5 Å². The van der Waals surface area contributed by atoms with E-state index in [2.05, 4.69) is 64.8 Å². The van der Waals surface area contributed by atoms with Gasteiger partial charge in [-0.1, -0.05) is 6.07 Å². The molecular formula is C19H27BN2O2S. The molecule has 2 aromatic rings. The monoisotopic (exact) mass is 358 g/mol. The molecule has 0 N–H and O–H groups in total. The van der Waals surface area contributed by atoms with E-state index in [-0.39, 0.29) is 18.3 Å². The molecule has 2 aliphatic heterocycles. The molecule has 1 aromatic heterocycles. The van der Waals surface area contributed by atoms with Gasteiger partial charge >= 0.3 is 7.12 Å². The SMILES string of the molecule is C[C@H]1CC(c2nc3cc(B4OC(C)(C)C(C)(C)O4)ccc3s2)CN1C. The maximum atomic E-state index is 6.18. The van der Waals surface area contributed by atoms with Gasteiger partial charge in [0.05, 0.1) is 26.4 Å². The lowest BCUT2D eigenvalue weighted by molar-refractivity contribution is 0.00578. The summed E-state index contributed by atoms with van der Waals surface area (Å²) in [5.41, 5.74) is 1.49. The molecule has 4 rings (SSSR count). The molecule has 3 heterocycles. The van der Waals surface area contributed by atoms with Crippen LogP contribution in [0.5, 0.6) is 0 Å². The maximum absolute atomic E-state index is 6.18. The summed E-state index contributed by atoms with van der Waals surface area (Å²) in [6.07, 6.45) is 1.19. The highest BCUT2D eigenvalue weighted by molar-refractivity contribution is 7.18. The fourth-order valence-corrected chi connectivity index (χ4v) is 4.69. The molecular weight excluding hydrogens is 331 g/mol. The summed E-state index contributed by atoms with van der Waals surface area (Å²) >= 11 is 1.83. The largest absolute Gasteiger partial charge is 0.494 e. The second-order valence-corrected chi connectivity index (χ2v) is 9.65. The van der Waals surface area contributed by atoms with Gasteiger partial charge < -0.3 is 14.2 Å². The van der Waals surface area contributed by atoms with E-state index in [0.29, 0.717) is 12.0 Å². The Kier molecular flexibility index (Phi) is 4.04. The molecule has 25 heavy (non-hydrogen) atoms. The van der Waals surface area contributed by atoms with Gasteiger partial charge in [0.2, 0.25) is 0 Å². The minimum absolute atomic E-state index is 0.315.